The summed E-state index contributed by atoms with van der Waals surface area (Å²) in [7, 11) is -2.32. The average Bonchev–Trinajstić information content (AvgIpc) is 2.46. The van der Waals surface area contributed by atoms with Crippen LogP contribution in [0.25, 0.3) is 0 Å². The standard InChI is InChI=1S/C15H24FN3O3S/c1-15(2,10-17)11-19(3)14(20)8-9-18-23(21,22)13-7-5-4-6-12(13)16/h4-7,18H,8-11,17H2,1-3H3. The summed E-state index contributed by atoms with van der Waals surface area (Å²) in [5.74, 6) is -1.03. The highest BCUT2D eigenvalue weighted by Gasteiger charge is 2.22. The van der Waals surface area contributed by atoms with Gasteiger partial charge in [0, 0.05) is 26.6 Å². The average molecular weight is 345 g/mol. The summed E-state index contributed by atoms with van der Waals surface area (Å²) in [5.41, 5.74) is 5.41. The first-order valence-corrected chi connectivity index (χ1v) is 8.75. The van der Waals surface area contributed by atoms with Gasteiger partial charge in [0.2, 0.25) is 15.9 Å². The molecular formula is C15H24FN3O3S. The molecule has 1 aromatic carbocycles. The second-order valence-corrected chi connectivity index (χ2v) is 7.93. The van der Waals surface area contributed by atoms with Gasteiger partial charge in [-0.2, -0.15) is 0 Å². The van der Waals surface area contributed by atoms with Crippen molar-refractivity contribution < 1.29 is 17.6 Å². The molecule has 0 heterocycles. The Balaban J connectivity index is 2.56. The van der Waals surface area contributed by atoms with Crippen LogP contribution in [0.5, 0.6) is 0 Å². The van der Waals surface area contributed by atoms with Gasteiger partial charge in [0.1, 0.15) is 10.7 Å². The monoisotopic (exact) mass is 345 g/mol. The first kappa shape index (κ1) is 19.5. The topological polar surface area (TPSA) is 92.5 Å². The van der Waals surface area contributed by atoms with Gasteiger partial charge in [-0.1, -0.05) is 26.0 Å². The second-order valence-electron chi connectivity index (χ2n) is 6.20. The maximum atomic E-state index is 13.5. The Morgan fingerprint density at radius 2 is 1.96 bits per heavy atom. The van der Waals surface area contributed by atoms with Crippen LogP contribution in [-0.4, -0.2) is 45.9 Å². The van der Waals surface area contributed by atoms with E-state index in [2.05, 4.69) is 4.72 Å². The molecule has 130 valence electrons. The second kappa shape index (κ2) is 7.85. The summed E-state index contributed by atoms with van der Waals surface area (Å²) in [6.45, 7) is 4.70. The zero-order valence-electron chi connectivity index (χ0n) is 13.7. The van der Waals surface area contributed by atoms with Crippen molar-refractivity contribution in [2.45, 2.75) is 25.2 Å². The van der Waals surface area contributed by atoms with Crippen molar-refractivity contribution in [1.82, 2.24) is 9.62 Å². The SMILES string of the molecule is CN(CC(C)(C)CN)C(=O)CCNS(=O)(=O)c1ccccc1F. The molecule has 0 atom stereocenters. The van der Waals surface area contributed by atoms with E-state index in [4.69, 9.17) is 5.73 Å². The summed E-state index contributed by atoms with van der Waals surface area (Å²) >= 11 is 0. The Kier molecular flexibility index (Phi) is 6.67. The molecule has 0 saturated heterocycles. The zero-order chi connectivity index (χ0) is 17.7. The number of carbonyl (C=O) groups excluding carboxylic acids is 1. The maximum Gasteiger partial charge on any atom is 0.243 e. The molecule has 6 nitrogen and oxygen atoms in total. The number of amides is 1. The number of carbonyl (C=O) groups is 1. The molecule has 0 saturated carbocycles. The summed E-state index contributed by atoms with van der Waals surface area (Å²) in [6, 6.07) is 5.09. The van der Waals surface area contributed by atoms with Crippen LogP contribution >= 0.6 is 0 Å². The molecule has 23 heavy (non-hydrogen) atoms. The molecule has 0 aliphatic carbocycles. The first-order valence-electron chi connectivity index (χ1n) is 7.27. The van der Waals surface area contributed by atoms with E-state index in [1.807, 2.05) is 13.8 Å². The van der Waals surface area contributed by atoms with E-state index in [1.165, 1.54) is 23.1 Å². The van der Waals surface area contributed by atoms with Gasteiger partial charge >= 0.3 is 0 Å². The molecule has 8 heteroatoms. The number of hydrogen-bond acceptors (Lipinski definition) is 4. The van der Waals surface area contributed by atoms with Gasteiger partial charge in [-0.05, 0) is 24.1 Å². The Morgan fingerprint density at radius 1 is 1.35 bits per heavy atom. The highest BCUT2D eigenvalue weighted by Crippen LogP contribution is 2.15. The molecule has 0 bridgehead atoms. The summed E-state index contributed by atoms with van der Waals surface area (Å²) in [6.07, 6.45) is -0.00909. The molecule has 0 fully saturated rings. The minimum absolute atomic E-state index is 0.00909. The smallest absolute Gasteiger partial charge is 0.243 e. The van der Waals surface area contributed by atoms with Gasteiger partial charge in [-0.3, -0.25) is 4.79 Å². The quantitative estimate of drug-likeness (QED) is 0.733. The third kappa shape index (κ3) is 5.89. The predicted octanol–water partition coefficient (Wildman–Crippen LogP) is 0.937. The molecular weight excluding hydrogens is 321 g/mol. The molecule has 1 amide bonds. The Hall–Kier alpha value is -1.51. The van der Waals surface area contributed by atoms with Crippen molar-refractivity contribution >= 4 is 15.9 Å². The van der Waals surface area contributed by atoms with Gasteiger partial charge in [0.25, 0.3) is 0 Å². The zero-order valence-corrected chi connectivity index (χ0v) is 14.5. The molecule has 0 unspecified atom stereocenters. The van der Waals surface area contributed by atoms with Gasteiger partial charge in [-0.25, -0.2) is 17.5 Å². The summed E-state index contributed by atoms with van der Waals surface area (Å²) in [4.78, 5) is 13.1. The first-order chi connectivity index (χ1) is 10.6. The number of hydrogen-bond donors (Lipinski definition) is 2. The molecule has 0 spiro atoms. The molecule has 0 radical (unpaired) electrons. The lowest BCUT2D eigenvalue weighted by molar-refractivity contribution is -0.130. The van der Waals surface area contributed by atoms with Crippen molar-refractivity contribution in [3.8, 4) is 0 Å². The van der Waals surface area contributed by atoms with Crippen LogP contribution in [0, 0.1) is 11.2 Å². The van der Waals surface area contributed by atoms with E-state index in [1.54, 1.807) is 7.05 Å². The number of nitrogens with one attached hydrogen (secondary N) is 1. The Bertz CT molecular complexity index is 647. The van der Waals surface area contributed by atoms with Crippen LogP contribution in [-0.2, 0) is 14.8 Å². The van der Waals surface area contributed by atoms with Crippen molar-refractivity contribution in [1.29, 1.82) is 0 Å². The summed E-state index contributed by atoms with van der Waals surface area (Å²) < 4.78 is 39.7. The van der Waals surface area contributed by atoms with E-state index in [0.29, 0.717) is 13.1 Å². The van der Waals surface area contributed by atoms with E-state index < -0.39 is 20.7 Å². The van der Waals surface area contributed by atoms with E-state index in [9.17, 15) is 17.6 Å². The number of sulfonamides is 1. The number of nitrogens with two attached hydrogens (primary N) is 1. The van der Waals surface area contributed by atoms with Crippen LogP contribution in [0.4, 0.5) is 4.39 Å². The largest absolute Gasteiger partial charge is 0.345 e. The van der Waals surface area contributed by atoms with Crippen molar-refractivity contribution in [2.75, 3.05) is 26.7 Å². The molecule has 0 aliphatic heterocycles. The van der Waals surface area contributed by atoms with Crippen LogP contribution in [0.2, 0.25) is 0 Å². The third-order valence-electron chi connectivity index (χ3n) is 3.40. The minimum atomic E-state index is -3.97. The molecule has 1 aromatic rings. The maximum absolute atomic E-state index is 13.5. The van der Waals surface area contributed by atoms with Gasteiger partial charge in [0.05, 0.1) is 0 Å². The van der Waals surface area contributed by atoms with E-state index >= 15 is 0 Å². The van der Waals surface area contributed by atoms with Crippen molar-refractivity contribution in [2.24, 2.45) is 11.1 Å². The predicted molar refractivity (Wildman–Crippen MR) is 86.7 cm³/mol. The fourth-order valence-electron chi connectivity index (χ4n) is 2.02. The minimum Gasteiger partial charge on any atom is -0.345 e. The Labute approximate surface area is 136 Å². The molecule has 1 rings (SSSR count). The van der Waals surface area contributed by atoms with Crippen molar-refractivity contribution in [3.63, 3.8) is 0 Å². The number of rotatable bonds is 8. The van der Waals surface area contributed by atoms with Gasteiger partial charge in [-0.15, -0.1) is 0 Å². The van der Waals surface area contributed by atoms with E-state index in [0.717, 1.165) is 6.07 Å². The van der Waals surface area contributed by atoms with Gasteiger partial charge < -0.3 is 10.6 Å². The lowest BCUT2D eigenvalue weighted by Gasteiger charge is -2.29. The lowest BCUT2D eigenvalue weighted by Crippen LogP contribution is -2.40. The van der Waals surface area contributed by atoms with Gasteiger partial charge in [0.15, 0.2) is 0 Å². The van der Waals surface area contributed by atoms with Crippen molar-refractivity contribution in [3.05, 3.63) is 30.1 Å². The molecule has 0 aliphatic rings. The third-order valence-corrected chi connectivity index (χ3v) is 4.89. The molecule has 0 aromatic heterocycles. The number of benzene rings is 1. The fourth-order valence-corrected chi connectivity index (χ4v) is 3.13. The fraction of sp³-hybridized carbons (Fsp3) is 0.533. The molecule has 3 N–H and O–H groups in total. The van der Waals surface area contributed by atoms with Crippen LogP contribution in [0.15, 0.2) is 29.2 Å². The number of nitrogens with zero attached hydrogens (tertiary/aromatic N) is 1. The van der Waals surface area contributed by atoms with Crippen LogP contribution in [0.3, 0.4) is 0 Å². The lowest BCUT2D eigenvalue weighted by atomic mass is 9.93. The summed E-state index contributed by atoms with van der Waals surface area (Å²) in [5, 5.41) is 0. The van der Waals surface area contributed by atoms with Crippen LogP contribution in [0.1, 0.15) is 20.3 Å². The van der Waals surface area contributed by atoms with E-state index in [-0.39, 0.29) is 24.3 Å². The number of halogens is 1. The highest BCUT2D eigenvalue weighted by molar-refractivity contribution is 7.89. The highest BCUT2D eigenvalue weighted by atomic mass is 32.2. The Morgan fingerprint density at radius 3 is 2.52 bits per heavy atom. The normalized spacial score (nSPS) is 12.2. The van der Waals surface area contributed by atoms with Crippen LogP contribution < -0.4 is 10.5 Å².